The first kappa shape index (κ1) is 16.5. The molecule has 0 aromatic heterocycles. The molecule has 1 heterocycles. The number of nitrogens with zero attached hydrogens (tertiary/aromatic N) is 2. The van der Waals surface area contributed by atoms with Crippen molar-refractivity contribution in [1.82, 2.24) is 4.31 Å². The second-order valence-corrected chi connectivity index (χ2v) is 7.43. The zero-order valence-corrected chi connectivity index (χ0v) is 13.7. The van der Waals surface area contributed by atoms with E-state index < -0.39 is 10.0 Å². The van der Waals surface area contributed by atoms with Gasteiger partial charge in [-0.2, -0.15) is 9.57 Å². The molecule has 2 rings (SSSR count). The van der Waals surface area contributed by atoms with E-state index in [1.807, 2.05) is 6.92 Å². The van der Waals surface area contributed by atoms with E-state index in [4.69, 9.17) is 0 Å². The lowest BCUT2D eigenvalue weighted by Crippen LogP contribution is -2.29. The van der Waals surface area contributed by atoms with Gasteiger partial charge in [-0.05, 0) is 31.9 Å². The lowest BCUT2D eigenvalue weighted by Gasteiger charge is -2.16. The standard InChI is InChI=1S/C17H20N2O2S/c1-4-14(10-18)17-12-19(11-15(17)5-2)22(20,21)16-8-6-13(3)7-9-16/h4-9,15,17H,2,11-12H2,1,3H3/b14-4+/t15-,17-/m0/s1. The second-order valence-electron chi connectivity index (χ2n) is 5.50. The van der Waals surface area contributed by atoms with Crippen LogP contribution >= 0.6 is 0 Å². The first-order valence-corrected chi connectivity index (χ1v) is 8.63. The molecule has 0 aliphatic carbocycles. The molecule has 2 atom stereocenters. The van der Waals surface area contributed by atoms with E-state index in [0.29, 0.717) is 23.6 Å². The monoisotopic (exact) mass is 316 g/mol. The van der Waals surface area contributed by atoms with E-state index in [2.05, 4.69) is 12.6 Å². The highest BCUT2D eigenvalue weighted by atomic mass is 32.2. The Balaban J connectivity index is 2.32. The summed E-state index contributed by atoms with van der Waals surface area (Å²) in [6.45, 7) is 8.19. The molecule has 0 bridgehead atoms. The summed E-state index contributed by atoms with van der Waals surface area (Å²) < 4.78 is 26.9. The quantitative estimate of drug-likeness (QED) is 0.634. The Morgan fingerprint density at radius 1 is 1.36 bits per heavy atom. The molecular weight excluding hydrogens is 296 g/mol. The predicted molar refractivity (Wildman–Crippen MR) is 86.5 cm³/mol. The highest BCUT2D eigenvalue weighted by Crippen LogP contribution is 2.33. The van der Waals surface area contributed by atoms with Crippen LogP contribution in [0.25, 0.3) is 0 Å². The summed E-state index contributed by atoms with van der Waals surface area (Å²) in [6.07, 6.45) is 3.50. The average molecular weight is 316 g/mol. The van der Waals surface area contributed by atoms with Crippen LogP contribution in [0.5, 0.6) is 0 Å². The van der Waals surface area contributed by atoms with E-state index in [0.717, 1.165) is 5.56 Å². The van der Waals surface area contributed by atoms with Crippen molar-refractivity contribution >= 4 is 10.0 Å². The molecule has 4 nitrogen and oxygen atoms in total. The van der Waals surface area contributed by atoms with Gasteiger partial charge in [0.05, 0.1) is 11.0 Å². The van der Waals surface area contributed by atoms with E-state index >= 15 is 0 Å². The number of rotatable bonds is 4. The van der Waals surface area contributed by atoms with E-state index in [-0.39, 0.29) is 11.8 Å². The summed E-state index contributed by atoms with van der Waals surface area (Å²) >= 11 is 0. The fraction of sp³-hybridized carbons (Fsp3) is 0.353. The van der Waals surface area contributed by atoms with Crippen LogP contribution in [0.15, 0.2) is 53.5 Å². The van der Waals surface area contributed by atoms with Crippen LogP contribution in [0.3, 0.4) is 0 Å². The number of hydrogen-bond donors (Lipinski definition) is 0. The Labute approximate surface area is 132 Å². The van der Waals surface area contributed by atoms with Crippen molar-refractivity contribution in [1.29, 1.82) is 5.26 Å². The fourth-order valence-corrected chi connectivity index (χ4v) is 4.28. The van der Waals surface area contributed by atoms with Crippen LogP contribution in [0, 0.1) is 30.1 Å². The molecule has 0 saturated carbocycles. The molecule has 5 heteroatoms. The van der Waals surface area contributed by atoms with Crippen molar-refractivity contribution in [2.45, 2.75) is 18.7 Å². The van der Waals surface area contributed by atoms with Gasteiger partial charge in [-0.25, -0.2) is 8.42 Å². The van der Waals surface area contributed by atoms with Crippen LogP contribution in [-0.2, 0) is 10.0 Å². The summed E-state index contributed by atoms with van der Waals surface area (Å²) in [4.78, 5) is 0.292. The van der Waals surface area contributed by atoms with Crippen molar-refractivity contribution in [2.75, 3.05) is 13.1 Å². The predicted octanol–water partition coefficient (Wildman–Crippen LogP) is 2.89. The van der Waals surface area contributed by atoms with Gasteiger partial charge in [-0.1, -0.05) is 29.8 Å². The molecule has 0 unspecified atom stereocenters. The normalized spacial score (nSPS) is 23.2. The molecular formula is C17H20N2O2S. The number of hydrogen-bond acceptors (Lipinski definition) is 3. The minimum atomic E-state index is -3.53. The molecule has 116 valence electrons. The highest BCUT2D eigenvalue weighted by Gasteiger charge is 2.39. The zero-order valence-electron chi connectivity index (χ0n) is 12.9. The zero-order chi connectivity index (χ0) is 16.3. The number of nitriles is 1. The summed E-state index contributed by atoms with van der Waals surface area (Å²) in [6, 6.07) is 9.00. The van der Waals surface area contributed by atoms with Gasteiger partial charge in [-0.15, -0.1) is 6.58 Å². The van der Waals surface area contributed by atoms with Crippen molar-refractivity contribution in [3.8, 4) is 6.07 Å². The van der Waals surface area contributed by atoms with Gasteiger partial charge in [0.2, 0.25) is 10.0 Å². The number of benzene rings is 1. The third kappa shape index (κ3) is 2.99. The molecule has 1 aromatic rings. The van der Waals surface area contributed by atoms with Crippen LogP contribution in [0.2, 0.25) is 0 Å². The molecule has 0 amide bonds. The maximum absolute atomic E-state index is 12.7. The fourth-order valence-electron chi connectivity index (χ4n) is 2.78. The largest absolute Gasteiger partial charge is 0.243 e. The maximum atomic E-state index is 12.7. The molecule has 1 aliphatic heterocycles. The van der Waals surface area contributed by atoms with Crippen molar-refractivity contribution in [3.05, 3.63) is 54.1 Å². The maximum Gasteiger partial charge on any atom is 0.243 e. The Kier molecular flexibility index (Phi) is 4.84. The summed E-state index contributed by atoms with van der Waals surface area (Å²) in [5.41, 5.74) is 1.63. The van der Waals surface area contributed by atoms with Crippen LogP contribution in [0.4, 0.5) is 0 Å². The first-order valence-electron chi connectivity index (χ1n) is 7.19. The Bertz CT molecular complexity index is 727. The molecule has 1 fully saturated rings. The number of sulfonamides is 1. The number of aryl methyl sites for hydroxylation is 1. The minimum absolute atomic E-state index is 0.0360. The highest BCUT2D eigenvalue weighted by molar-refractivity contribution is 7.89. The molecule has 0 radical (unpaired) electrons. The van der Waals surface area contributed by atoms with Crippen molar-refractivity contribution in [2.24, 2.45) is 11.8 Å². The Hall–Kier alpha value is -1.90. The third-order valence-corrected chi connectivity index (χ3v) is 5.98. The molecule has 1 aromatic carbocycles. The Morgan fingerprint density at radius 3 is 2.50 bits per heavy atom. The van der Waals surface area contributed by atoms with Crippen LogP contribution in [0.1, 0.15) is 12.5 Å². The molecule has 22 heavy (non-hydrogen) atoms. The first-order chi connectivity index (χ1) is 10.4. The summed E-state index contributed by atoms with van der Waals surface area (Å²) in [5, 5.41) is 9.22. The lowest BCUT2D eigenvalue weighted by atomic mass is 9.89. The van der Waals surface area contributed by atoms with E-state index in [1.165, 1.54) is 4.31 Å². The third-order valence-electron chi connectivity index (χ3n) is 4.13. The van der Waals surface area contributed by atoms with Gasteiger partial charge in [0.15, 0.2) is 0 Å². The Morgan fingerprint density at radius 2 is 2.00 bits per heavy atom. The van der Waals surface area contributed by atoms with Crippen molar-refractivity contribution in [3.63, 3.8) is 0 Å². The van der Waals surface area contributed by atoms with Gasteiger partial charge in [-0.3, -0.25) is 0 Å². The van der Waals surface area contributed by atoms with Gasteiger partial charge in [0.25, 0.3) is 0 Å². The van der Waals surface area contributed by atoms with Gasteiger partial charge >= 0.3 is 0 Å². The van der Waals surface area contributed by atoms with Crippen molar-refractivity contribution < 1.29 is 8.42 Å². The molecule has 0 spiro atoms. The van der Waals surface area contributed by atoms with E-state index in [9.17, 15) is 13.7 Å². The van der Waals surface area contributed by atoms with Gasteiger partial charge < -0.3 is 0 Å². The minimum Gasteiger partial charge on any atom is -0.207 e. The smallest absolute Gasteiger partial charge is 0.207 e. The lowest BCUT2D eigenvalue weighted by molar-refractivity contribution is 0.467. The molecule has 1 saturated heterocycles. The van der Waals surface area contributed by atoms with E-state index in [1.54, 1.807) is 43.3 Å². The summed E-state index contributed by atoms with van der Waals surface area (Å²) in [5.74, 6) is -0.154. The SMILES string of the molecule is C=C[C@H]1CN(S(=O)(=O)c2ccc(C)cc2)C[C@H]1/C(C#N)=C/C. The average Bonchev–Trinajstić information content (AvgIpc) is 2.94. The molecule has 1 aliphatic rings. The number of allylic oxidation sites excluding steroid dienone is 1. The second kappa shape index (κ2) is 6.47. The van der Waals surface area contributed by atoms with Crippen LogP contribution in [-0.4, -0.2) is 25.8 Å². The molecule has 0 N–H and O–H groups in total. The van der Waals surface area contributed by atoms with Gasteiger partial charge in [0, 0.05) is 24.6 Å². The summed E-state index contributed by atoms with van der Waals surface area (Å²) in [7, 11) is -3.53. The van der Waals surface area contributed by atoms with Gasteiger partial charge in [0.1, 0.15) is 0 Å². The topological polar surface area (TPSA) is 61.2 Å². The van der Waals surface area contributed by atoms with Crippen LogP contribution < -0.4 is 0 Å².